The van der Waals surface area contributed by atoms with E-state index < -0.39 is 11.6 Å². The van der Waals surface area contributed by atoms with Crippen LogP contribution in [0.1, 0.15) is 32.3 Å². The average Bonchev–Trinajstić information content (AvgIpc) is 3.14. The SMILES string of the molecule is C/C=C1/[C@@H](O)N2[C@H]3C[C@@H]1C1C(OC(C)=O)[C@@]4(C[C@@H]12)C3=Nc1ccc(OC)cc14. The minimum Gasteiger partial charge on any atom is -0.497 e. The fraction of sp³-hybridized carbons (Fsp3) is 0.545. The molecule has 5 heterocycles. The maximum atomic E-state index is 12.1. The van der Waals surface area contributed by atoms with Crippen molar-refractivity contribution in [1.29, 1.82) is 0 Å². The molecule has 8 atom stereocenters. The molecule has 6 heteroatoms. The number of esters is 1. The van der Waals surface area contributed by atoms with Gasteiger partial charge in [-0.2, -0.15) is 0 Å². The zero-order valence-corrected chi connectivity index (χ0v) is 16.3. The monoisotopic (exact) mass is 380 g/mol. The molecule has 1 spiro atoms. The van der Waals surface area contributed by atoms with E-state index in [0.29, 0.717) is 0 Å². The molecule has 6 nitrogen and oxygen atoms in total. The van der Waals surface area contributed by atoms with Gasteiger partial charge in [-0.3, -0.25) is 14.7 Å². The average molecular weight is 380 g/mol. The molecule has 7 rings (SSSR count). The topological polar surface area (TPSA) is 71.4 Å². The maximum Gasteiger partial charge on any atom is 0.302 e. The van der Waals surface area contributed by atoms with E-state index in [-0.39, 0.29) is 36.0 Å². The highest BCUT2D eigenvalue weighted by molar-refractivity contribution is 6.08. The Morgan fingerprint density at radius 2 is 2.25 bits per heavy atom. The quantitative estimate of drug-likeness (QED) is 0.630. The number of aliphatic imine (C=N–C) groups is 1. The van der Waals surface area contributed by atoms with E-state index in [0.717, 1.165) is 41.1 Å². The standard InChI is InChI=1S/C22H24N2O4/c1-4-12-13-8-16-19-22(14-7-11(27-3)5-6-15(14)23-19)9-17(24(16)21(12)26)18(13)20(22)28-10(2)25/h4-7,13,16-18,20-21,26H,8-9H2,1-3H3/b12-4+/t13-,16-,17-,18?,20?,21+,22+/m0/s1. The summed E-state index contributed by atoms with van der Waals surface area (Å²) in [5.41, 5.74) is 3.79. The molecular formula is C22H24N2O4. The zero-order chi connectivity index (χ0) is 19.4. The van der Waals surface area contributed by atoms with Crippen molar-refractivity contribution in [1.82, 2.24) is 4.90 Å². The number of ether oxygens (including phenoxy) is 2. The van der Waals surface area contributed by atoms with Crippen LogP contribution in [0.2, 0.25) is 0 Å². The maximum absolute atomic E-state index is 12.1. The molecule has 0 amide bonds. The number of fused-ring (bicyclic) bond motifs is 2. The van der Waals surface area contributed by atoms with E-state index >= 15 is 0 Å². The molecule has 4 saturated heterocycles. The van der Waals surface area contributed by atoms with Gasteiger partial charge in [-0.15, -0.1) is 0 Å². The van der Waals surface area contributed by atoms with E-state index in [1.165, 1.54) is 6.92 Å². The first-order chi connectivity index (χ1) is 13.5. The van der Waals surface area contributed by atoms with Crippen LogP contribution < -0.4 is 4.74 Å². The number of hydrogen-bond donors (Lipinski definition) is 1. The lowest BCUT2D eigenvalue weighted by Crippen LogP contribution is -2.68. The predicted octanol–water partition coefficient (Wildman–Crippen LogP) is 2.32. The van der Waals surface area contributed by atoms with Crippen molar-refractivity contribution in [3.63, 3.8) is 0 Å². The van der Waals surface area contributed by atoms with Gasteiger partial charge in [-0.1, -0.05) is 6.08 Å². The Balaban J connectivity index is 1.61. The molecule has 5 aliphatic heterocycles. The van der Waals surface area contributed by atoms with Crippen LogP contribution in [0, 0.1) is 11.8 Å². The molecule has 3 unspecified atom stereocenters. The Labute approximate surface area is 163 Å². The Kier molecular flexibility index (Phi) is 3.14. The fourth-order valence-electron chi connectivity index (χ4n) is 7.04. The van der Waals surface area contributed by atoms with Crippen LogP contribution in [-0.4, -0.2) is 53.2 Å². The fourth-order valence-corrected chi connectivity index (χ4v) is 7.04. The van der Waals surface area contributed by atoms with E-state index in [2.05, 4.69) is 11.0 Å². The predicted molar refractivity (Wildman–Crippen MR) is 103 cm³/mol. The van der Waals surface area contributed by atoms with Crippen LogP contribution in [0.15, 0.2) is 34.8 Å². The number of methoxy groups -OCH3 is 1. The van der Waals surface area contributed by atoms with Crippen molar-refractivity contribution in [2.24, 2.45) is 16.8 Å². The summed E-state index contributed by atoms with van der Waals surface area (Å²) in [6.45, 7) is 3.49. The van der Waals surface area contributed by atoms with Gasteiger partial charge in [-0.05, 0) is 55.0 Å². The molecule has 146 valence electrons. The molecule has 28 heavy (non-hydrogen) atoms. The lowest BCUT2D eigenvalue weighted by molar-refractivity contribution is -0.156. The number of allylic oxidation sites excluding steroid dienone is 1. The molecule has 1 aromatic carbocycles. The highest BCUT2D eigenvalue weighted by atomic mass is 16.5. The van der Waals surface area contributed by atoms with Crippen molar-refractivity contribution in [2.45, 2.75) is 56.5 Å². The number of benzene rings is 1. The van der Waals surface area contributed by atoms with Crippen molar-refractivity contribution in [2.75, 3.05) is 7.11 Å². The summed E-state index contributed by atoms with van der Waals surface area (Å²) in [6, 6.07) is 6.29. The van der Waals surface area contributed by atoms with Gasteiger partial charge in [0.25, 0.3) is 0 Å². The molecule has 1 aromatic rings. The number of nitrogens with zero attached hydrogens (tertiary/aromatic N) is 2. The summed E-state index contributed by atoms with van der Waals surface area (Å²) in [4.78, 5) is 19.4. The van der Waals surface area contributed by atoms with Gasteiger partial charge in [0.15, 0.2) is 0 Å². The second-order valence-corrected chi connectivity index (χ2v) is 8.70. The Bertz CT molecular complexity index is 969. The van der Waals surface area contributed by atoms with Crippen LogP contribution in [0.5, 0.6) is 5.75 Å². The van der Waals surface area contributed by atoms with Crippen LogP contribution in [-0.2, 0) is 14.9 Å². The first-order valence-electron chi connectivity index (χ1n) is 10.1. The van der Waals surface area contributed by atoms with E-state index in [9.17, 15) is 9.90 Å². The van der Waals surface area contributed by atoms with Crippen LogP contribution >= 0.6 is 0 Å². The molecule has 5 bridgehead atoms. The summed E-state index contributed by atoms with van der Waals surface area (Å²) >= 11 is 0. The Hall–Kier alpha value is -2.18. The van der Waals surface area contributed by atoms with Gasteiger partial charge < -0.3 is 14.6 Å². The largest absolute Gasteiger partial charge is 0.497 e. The smallest absolute Gasteiger partial charge is 0.302 e. The third-order valence-electron chi connectivity index (χ3n) is 7.83. The van der Waals surface area contributed by atoms with Crippen LogP contribution in [0.3, 0.4) is 0 Å². The third kappa shape index (κ3) is 1.68. The first kappa shape index (κ1) is 16.7. The Morgan fingerprint density at radius 3 is 2.96 bits per heavy atom. The van der Waals surface area contributed by atoms with E-state index in [4.69, 9.17) is 14.5 Å². The number of aliphatic hydroxyl groups is 1. The molecule has 6 aliphatic rings. The molecule has 1 N–H and O–H groups in total. The van der Waals surface area contributed by atoms with Crippen LogP contribution in [0.25, 0.3) is 0 Å². The van der Waals surface area contributed by atoms with Crippen molar-refractivity contribution < 1.29 is 19.4 Å². The summed E-state index contributed by atoms with van der Waals surface area (Å²) in [7, 11) is 1.67. The number of piperidine rings is 4. The molecular weight excluding hydrogens is 356 g/mol. The van der Waals surface area contributed by atoms with Crippen molar-refractivity contribution in [3.8, 4) is 5.75 Å². The summed E-state index contributed by atoms with van der Waals surface area (Å²) in [5.74, 6) is 0.954. The minimum absolute atomic E-state index is 0.0950. The first-order valence-corrected chi connectivity index (χ1v) is 10.1. The number of carbonyl (C=O) groups excluding carboxylic acids is 1. The zero-order valence-electron chi connectivity index (χ0n) is 16.3. The van der Waals surface area contributed by atoms with Gasteiger partial charge >= 0.3 is 5.97 Å². The normalized spacial score (nSPS) is 45.1. The second kappa shape index (κ2) is 5.24. The molecule has 5 fully saturated rings. The van der Waals surface area contributed by atoms with E-state index in [1.54, 1.807) is 7.11 Å². The summed E-state index contributed by atoms with van der Waals surface area (Å²) < 4.78 is 11.6. The van der Waals surface area contributed by atoms with E-state index in [1.807, 2.05) is 25.1 Å². The van der Waals surface area contributed by atoms with Gasteiger partial charge in [0.2, 0.25) is 0 Å². The van der Waals surface area contributed by atoms with Gasteiger partial charge in [0.1, 0.15) is 18.1 Å². The molecule has 0 aromatic heterocycles. The number of carbonyl (C=O) groups is 1. The van der Waals surface area contributed by atoms with Gasteiger partial charge in [0.05, 0.1) is 30.0 Å². The third-order valence-corrected chi connectivity index (χ3v) is 7.83. The molecule has 0 radical (unpaired) electrons. The van der Waals surface area contributed by atoms with Crippen molar-refractivity contribution in [3.05, 3.63) is 35.4 Å². The van der Waals surface area contributed by atoms with Gasteiger partial charge in [0, 0.05) is 18.9 Å². The lowest BCUT2D eigenvalue weighted by atomic mass is 9.66. The highest BCUT2D eigenvalue weighted by Crippen LogP contribution is 2.67. The molecule has 1 saturated carbocycles. The molecule has 1 aliphatic carbocycles. The lowest BCUT2D eigenvalue weighted by Gasteiger charge is -2.58. The Morgan fingerprint density at radius 1 is 1.43 bits per heavy atom. The number of aliphatic hydroxyl groups excluding tert-OH is 1. The minimum atomic E-state index is -0.565. The highest BCUT2D eigenvalue weighted by Gasteiger charge is 2.75. The second-order valence-electron chi connectivity index (χ2n) is 8.70. The number of hydrogen-bond acceptors (Lipinski definition) is 6. The van der Waals surface area contributed by atoms with Crippen LogP contribution in [0.4, 0.5) is 5.69 Å². The summed E-state index contributed by atoms with van der Waals surface area (Å²) in [5, 5.41) is 11.1. The van der Waals surface area contributed by atoms with Gasteiger partial charge in [-0.25, -0.2) is 0 Å². The van der Waals surface area contributed by atoms with Crippen molar-refractivity contribution >= 4 is 17.4 Å². The summed E-state index contributed by atoms with van der Waals surface area (Å²) in [6.07, 6.45) is 2.98. The number of rotatable bonds is 2.